The molecule has 0 aliphatic carbocycles. The van der Waals surface area contributed by atoms with Gasteiger partial charge in [0, 0.05) is 25.5 Å². The van der Waals surface area contributed by atoms with Gasteiger partial charge < -0.3 is 0 Å². The summed E-state index contributed by atoms with van der Waals surface area (Å²) in [5.74, 6) is 0. The van der Waals surface area contributed by atoms with Crippen molar-refractivity contribution in [2.24, 2.45) is 0 Å². The summed E-state index contributed by atoms with van der Waals surface area (Å²) in [7, 11) is 0. The van der Waals surface area contributed by atoms with Gasteiger partial charge in [0.25, 0.3) is 0 Å². The molecule has 0 aliphatic rings. The van der Waals surface area contributed by atoms with Crippen molar-refractivity contribution < 1.29 is 0 Å². The normalized spacial score (nSPS) is 10.8. The van der Waals surface area contributed by atoms with E-state index in [4.69, 9.17) is 0 Å². The molecule has 0 fully saturated rings. The molecule has 0 saturated heterocycles. The number of hydrogen-bond donors (Lipinski definition) is 0. The van der Waals surface area contributed by atoms with Gasteiger partial charge in [-0.15, -0.1) is 0 Å². The molecule has 0 saturated carbocycles. The van der Waals surface area contributed by atoms with Crippen LogP contribution < -0.4 is 0 Å². The Morgan fingerprint density at radius 1 is 1.00 bits per heavy atom. The Kier molecular flexibility index (Phi) is 2.85. The van der Waals surface area contributed by atoms with Crippen LogP contribution in [0.4, 0.5) is 0 Å². The van der Waals surface area contributed by atoms with Crippen molar-refractivity contribution in [3.8, 4) is 11.4 Å². The van der Waals surface area contributed by atoms with Crippen LogP contribution in [0.1, 0.15) is 20.3 Å². The third kappa shape index (κ3) is 2.09. The second-order valence-corrected chi connectivity index (χ2v) is 3.52. The predicted molar refractivity (Wildman–Crippen MR) is 59.4 cm³/mol. The molecule has 0 N–H and O–H groups in total. The second kappa shape index (κ2) is 4.29. The number of aryl methyl sites for hydroxylation is 2. The summed E-state index contributed by atoms with van der Waals surface area (Å²) >= 11 is 0. The summed E-state index contributed by atoms with van der Waals surface area (Å²) in [5, 5.41) is 8.87. The minimum absolute atomic E-state index is 0.898. The lowest BCUT2D eigenvalue weighted by atomic mass is 10.3. The van der Waals surface area contributed by atoms with Crippen molar-refractivity contribution in [2.75, 3.05) is 0 Å². The Morgan fingerprint density at radius 2 is 1.60 bits per heavy atom. The lowest BCUT2D eigenvalue weighted by Crippen LogP contribution is -1.97. The largest absolute Gasteiger partial charge is 0.272 e. The maximum atomic E-state index is 4.46. The smallest absolute Gasteiger partial charge is 0.113 e. The second-order valence-electron chi connectivity index (χ2n) is 3.52. The molecule has 2 aromatic heterocycles. The van der Waals surface area contributed by atoms with Gasteiger partial charge in [-0.05, 0) is 25.5 Å². The Bertz CT molecular complexity index is 427. The maximum Gasteiger partial charge on any atom is 0.113 e. The van der Waals surface area contributed by atoms with Crippen molar-refractivity contribution >= 4 is 0 Å². The van der Waals surface area contributed by atoms with Crippen LogP contribution in [0.3, 0.4) is 0 Å². The van der Waals surface area contributed by atoms with Gasteiger partial charge in [0.1, 0.15) is 11.4 Å². The fourth-order valence-corrected chi connectivity index (χ4v) is 1.53. The zero-order valence-corrected chi connectivity index (χ0v) is 9.22. The lowest BCUT2D eigenvalue weighted by Gasteiger charge is -1.95. The molecular formula is C11H16N4. The fraction of sp³-hybridized carbons (Fsp3) is 0.455. The highest BCUT2D eigenvalue weighted by Gasteiger charge is 2.04. The van der Waals surface area contributed by atoms with Gasteiger partial charge in [-0.25, -0.2) is 0 Å². The summed E-state index contributed by atoms with van der Waals surface area (Å²) in [6.45, 7) is 6.09. The van der Waals surface area contributed by atoms with E-state index >= 15 is 0 Å². The molecule has 0 bridgehead atoms. The lowest BCUT2D eigenvalue weighted by molar-refractivity contribution is 0.603. The quantitative estimate of drug-likeness (QED) is 0.765. The van der Waals surface area contributed by atoms with Crippen LogP contribution in [0.5, 0.6) is 0 Å². The van der Waals surface area contributed by atoms with E-state index < -0.39 is 0 Å². The highest BCUT2D eigenvalue weighted by atomic mass is 15.3. The first-order chi connectivity index (χ1) is 7.33. The van der Waals surface area contributed by atoms with E-state index in [2.05, 4.69) is 24.0 Å². The first-order valence-electron chi connectivity index (χ1n) is 5.40. The monoisotopic (exact) mass is 204 g/mol. The number of rotatable bonds is 4. The average molecular weight is 204 g/mol. The third-order valence-electron chi connectivity index (χ3n) is 2.32. The molecule has 0 radical (unpaired) electrons. The summed E-state index contributed by atoms with van der Waals surface area (Å²) in [6.07, 6.45) is 5.09. The molecule has 4 nitrogen and oxygen atoms in total. The van der Waals surface area contributed by atoms with E-state index in [1.807, 2.05) is 33.9 Å². The van der Waals surface area contributed by atoms with Gasteiger partial charge in [-0.1, -0.05) is 6.92 Å². The van der Waals surface area contributed by atoms with Crippen LogP contribution in [0.2, 0.25) is 0 Å². The summed E-state index contributed by atoms with van der Waals surface area (Å²) in [6, 6.07) is 4.01. The molecule has 2 rings (SSSR count). The van der Waals surface area contributed by atoms with E-state index in [1.54, 1.807) is 0 Å². The molecule has 2 heterocycles. The highest BCUT2D eigenvalue weighted by Crippen LogP contribution is 2.13. The zero-order chi connectivity index (χ0) is 10.7. The summed E-state index contributed by atoms with van der Waals surface area (Å²) in [4.78, 5) is 0. The van der Waals surface area contributed by atoms with E-state index in [0.29, 0.717) is 0 Å². The van der Waals surface area contributed by atoms with Crippen molar-refractivity contribution in [1.82, 2.24) is 19.6 Å². The molecule has 0 unspecified atom stereocenters. The SMILES string of the molecule is CCCn1ccc(-c2ccn(CC)n2)n1. The van der Waals surface area contributed by atoms with Crippen LogP contribution in [0.15, 0.2) is 24.5 Å². The summed E-state index contributed by atoms with van der Waals surface area (Å²) < 4.78 is 3.87. The van der Waals surface area contributed by atoms with E-state index in [1.165, 1.54) is 0 Å². The van der Waals surface area contributed by atoms with Crippen LogP contribution in [0.25, 0.3) is 11.4 Å². The predicted octanol–water partition coefficient (Wildman–Crippen LogP) is 2.18. The number of nitrogens with zero attached hydrogens (tertiary/aromatic N) is 4. The molecule has 0 aromatic carbocycles. The van der Waals surface area contributed by atoms with Crippen LogP contribution in [0, 0.1) is 0 Å². The van der Waals surface area contributed by atoms with Crippen molar-refractivity contribution in [1.29, 1.82) is 0 Å². The Balaban J connectivity index is 2.21. The van der Waals surface area contributed by atoms with E-state index in [9.17, 15) is 0 Å². The molecule has 0 amide bonds. The molecular weight excluding hydrogens is 188 g/mol. The Labute approximate surface area is 89.5 Å². The molecule has 0 aliphatic heterocycles. The topological polar surface area (TPSA) is 35.6 Å². The Morgan fingerprint density at radius 3 is 2.13 bits per heavy atom. The molecule has 4 heteroatoms. The van der Waals surface area contributed by atoms with E-state index in [0.717, 1.165) is 30.9 Å². The van der Waals surface area contributed by atoms with Gasteiger partial charge in [0.2, 0.25) is 0 Å². The van der Waals surface area contributed by atoms with Crippen molar-refractivity contribution in [3.63, 3.8) is 0 Å². The fourth-order valence-electron chi connectivity index (χ4n) is 1.53. The molecule has 80 valence electrons. The third-order valence-corrected chi connectivity index (χ3v) is 2.32. The first kappa shape index (κ1) is 9.96. The van der Waals surface area contributed by atoms with Crippen molar-refractivity contribution in [3.05, 3.63) is 24.5 Å². The minimum Gasteiger partial charge on any atom is -0.272 e. The molecule has 0 atom stereocenters. The van der Waals surface area contributed by atoms with Gasteiger partial charge in [0.05, 0.1) is 0 Å². The average Bonchev–Trinajstić information content (AvgIpc) is 2.85. The summed E-state index contributed by atoms with van der Waals surface area (Å²) in [5.41, 5.74) is 1.90. The van der Waals surface area contributed by atoms with E-state index in [-0.39, 0.29) is 0 Å². The zero-order valence-electron chi connectivity index (χ0n) is 9.22. The highest BCUT2D eigenvalue weighted by molar-refractivity contribution is 5.52. The van der Waals surface area contributed by atoms with Crippen LogP contribution in [-0.2, 0) is 13.1 Å². The minimum atomic E-state index is 0.898. The molecule has 2 aromatic rings. The Hall–Kier alpha value is -1.58. The van der Waals surface area contributed by atoms with Crippen LogP contribution in [-0.4, -0.2) is 19.6 Å². The molecule has 15 heavy (non-hydrogen) atoms. The number of hydrogen-bond acceptors (Lipinski definition) is 2. The maximum absolute atomic E-state index is 4.46. The molecule has 0 spiro atoms. The van der Waals surface area contributed by atoms with Gasteiger partial charge >= 0.3 is 0 Å². The number of aromatic nitrogens is 4. The van der Waals surface area contributed by atoms with Crippen molar-refractivity contribution in [2.45, 2.75) is 33.4 Å². The standard InChI is InChI=1S/C11H16N4/c1-3-7-15-9-6-11(13-15)10-5-8-14(4-2)12-10/h5-6,8-9H,3-4,7H2,1-2H3. The first-order valence-corrected chi connectivity index (χ1v) is 5.40. The van der Waals surface area contributed by atoms with Gasteiger partial charge in [-0.3, -0.25) is 9.36 Å². The van der Waals surface area contributed by atoms with Gasteiger partial charge in [-0.2, -0.15) is 10.2 Å². The van der Waals surface area contributed by atoms with Gasteiger partial charge in [0.15, 0.2) is 0 Å². The van der Waals surface area contributed by atoms with Crippen LogP contribution >= 0.6 is 0 Å².